The summed E-state index contributed by atoms with van der Waals surface area (Å²) in [5.41, 5.74) is 2.45. The maximum absolute atomic E-state index is 12.7. The number of carbonyl (C=O) groups excluding carboxylic acids is 2. The summed E-state index contributed by atoms with van der Waals surface area (Å²) in [4.78, 5) is 33.6. The number of nitrogens with one attached hydrogen (secondary N) is 2. The van der Waals surface area contributed by atoms with E-state index in [0.29, 0.717) is 12.1 Å². The minimum absolute atomic E-state index is 0.0530. The van der Waals surface area contributed by atoms with E-state index in [1.807, 2.05) is 45.0 Å². The molecule has 150 valence electrons. The molecule has 0 aliphatic heterocycles. The minimum Gasteiger partial charge on any atom is -0.350 e. The number of aryl methyl sites for hydroxylation is 1. The first kappa shape index (κ1) is 20.3. The lowest BCUT2D eigenvalue weighted by molar-refractivity contribution is -0.124. The van der Waals surface area contributed by atoms with Crippen molar-refractivity contribution in [1.29, 1.82) is 0 Å². The minimum atomic E-state index is -0.627. The summed E-state index contributed by atoms with van der Waals surface area (Å²) in [6, 6.07) is 10.4. The van der Waals surface area contributed by atoms with Crippen molar-refractivity contribution in [3.63, 3.8) is 0 Å². The number of hydrogen-bond donors (Lipinski definition) is 2. The number of rotatable bonds is 7. The molecule has 0 saturated carbocycles. The largest absolute Gasteiger partial charge is 0.350 e. The van der Waals surface area contributed by atoms with Crippen molar-refractivity contribution < 1.29 is 9.59 Å². The van der Waals surface area contributed by atoms with Gasteiger partial charge in [-0.3, -0.25) is 14.2 Å². The number of amides is 2. The Hall–Kier alpha value is -3.48. The third-order valence-electron chi connectivity index (χ3n) is 4.56. The third-order valence-corrected chi connectivity index (χ3v) is 4.56. The Labute approximate surface area is 170 Å². The molecule has 2 amide bonds. The molecule has 0 fully saturated rings. The molecule has 3 rings (SSSR count). The first-order valence-electron chi connectivity index (χ1n) is 9.52. The van der Waals surface area contributed by atoms with Gasteiger partial charge in [-0.2, -0.15) is 0 Å². The predicted molar refractivity (Wildman–Crippen MR) is 110 cm³/mol. The number of pyridine rings is 1. The fourth-order valence-electron chi connectivity index (χ4n) is 2.95. The maximum atomic E-state index is 12.7. The van der Waals surface area contributed by atoms with Gasteiger partial charge in [0.15, 0.2) is 0 Å². The summed E-state index contributed by atoms with van der Waals surface area (Å²) < 4.78 is 1.80. The van der Waals surface area contributed by atoms with Gasteiger partial charge < -0.3 is 10.6 Å². The van der Waals surface area contributed by atoms with Gasteiger partial charge in [0.2, 0.25) is 5.91 Å². The molecule has 3 aromatic rings. The van der Waals surface area contributed by atoms with Crippen LogP contribution in [-0.2, 0) is 11.3 Å². The van der Waals surface area contributed by atoms with Gasteiger partial charge in [0.1, 0.15) is 18.2 Å². The molecule has 0 bridgehead atoms. The molecule has 0 aliphatic rings. The molecule has 2 aromatic heterocycles. The molecule has 7 heteroatoms. The van der Waals surface area contributed by atoms with Crippen LogP contribution in [0.5, 0.6) is 0 Å². The molecule has 1 atom stereocenters. The fraction of sp³-hybridized carbons (Fsp3) is 0.273. The molecule has 1 aromatic carbocycles. The van der Waals surface area contributed by atoms with E-state index in [2.05, 4.69) is 20.6 Å². The average Bonchev–Trinajstić information content (AvgIpc) is 3.25. The van der Waals surface area contributed by atoms with E-state index >= 15 is 0 Å². The molecule has 0 unspecified atom stereocenters. The summed E-state index contributed by atoms with van der Waals surface area (Å²) in [5, 5.41) is 5.77. The first-order valence-corrected chi connectivity index (χ1v) is 9.52. The van der Waals surface area contributed by atoms with Crippen LogP contribution >= 0.6 is 0 Å². The molecule has 2 heterocycles. The Morgan fingerprint density at radius 2 is 1.97 bits per heavy atom. The van der Waals surface area contributed by atoms with Crippen molar-refractivity contribution in [3.8, 4) is 5.82 Å². The highest BCUT2D eigenvalue weighted by Gasteiger charge is 2.24. The predicted octanol–water partition coefficient (Wildman–Crippen LogP) is 2.65. The van der Waals surface area contributed by atoms with Crippen LogP contribution in [0, 0.1) is 12.8 Å². The van der Waals surface area contributed by atoms with E-state index in [4.69, 9.17) is 0 Å². The summed E-state index contributed by atoms with van der Waals surface area (Å²) in [5.74, 6) is 0.195. The van der Waals surface area contributed by atoms with Gasteiger partial charge in [-0.25, -0.2) is 9.97 Å². The Morgan fingerprint density at radius 3 is 2.66 bits per heavy atom. The quantitative estimate of drug-likeness (QED) is 0.648. The fourth-order valence-corrected chi connectivity index (χ4v) is 2.95. The summed E-state index contributed by atoms with van der Waals surface area (Å²) >= 11 is 0. The first-order chi connectivity index (χ1) is 13.9. The van der Waals surface area contributed by atoms with Gasteiger partial charge in [0, 0.05) is 30.7 Å². The molecule has 0 aliphatic carbocycles. The van der Waals surface area contributed by atoms with E-state index in [0.717, 1.165) is 16.9 Å². The molecule has 0 spiro atoms. The highest BCUT2D eigenvalue weighted by molar-refractivity contribution is 5.97. The van der Waals surface area contributed by atoms with Gasteiger partial charge in [-0.15, -0.1) is 0 Å². The van der Waals surface area contributed by atoms with Gasteiger partial charge in [0.05, 0.1) is 0 Å². The van der Waals surface area contributed by atoms with Crippen molar-refractivity contribution in [3.05, 3.63) is 78.0 Å². The highest BCUT2D eigenvalue weighted by Crippen LogP contribution is 2.09. The van der Waals surface area contributed by atoms with Crippen LogP contribution < -0.4 is 10.6 Å². The number of nitrogens with zero attached hydrogens (tertiary/aromatic N) is 3. The lowest BCUT2D eigenvalue weighted by Crippen LogP contribution is -2.49. The number of hydrogen-bond acceptors (Lipinski definition) is 4. The topological polar surface area (TPSA) is 88.9 Å². The molecule has 0 radical (unpaired) electrons. The van der Waals surface area contributed by atoms with Crippen LogP contribution in [0.15, 0.2) is 61.3 Å². The second kappa shape index (κ2) is 9.14. The van der Waals surface area contributed by atoms with Crippen LogP contribution in [0.4, 0.5) is 0 Å². The molecule has 7 nitrogen and oxygen atoms in total. The second-order valence-electron chi connectivity index (χ2n) is 7.27. The van der Waals surface area contributed by atoms with Gasteiger partial charge >= 0.3 is 0 Å². The zero-order valence-electron chi connectivity index (χ0n) is 16.8. The van der Waals surface area contributed by atoms with Crippen molar-refractivity contribution in [1.82, 2.24) is 25.2 Å². The highest BCUT2D eigenvalue weighted by atomic mass is 16.2. The molecule has 0 saturated heterocycles. The standard InChI is InChI=1S/C22H25N5O2/c1-15(2)20(26-21(28)18-6-4-5-16(3)11-18)22(29)25-13-17-7-8-24-19(12-17)27-10-9-23-14-27/h4-12,14-15,20H,13H2,1-3H3,(H,25,29)(H,26,28)/t20-/m1/s1. The van der Waals surface area contributed by atoms with Crippen molar-refractivity contribution in [2.75, 3.05) is 0 Å². The molecule has 2 N–H and O–H groups in total. The SMILES string of the molecule is Cc1cccc(C(=O)N[C@@H](C(=O)NCc2ccnc(-n3ccnc3)c2)C(C)C)c1. The second-order valence-corrected chi connectivity index (χ2v) is 7.27. The van der Waals surface area contributed by atoms with Gasteiger partial charge in [-0.05, 0) is 42.7 Å². The maximum Gasteiger partial charge on any atom is 0.251 e. The summed E-state index contributed by atoms with van der Waals surface area (Å²) in [6.45, 7) is 6.08. The number of carbonyl (C=O) groups is 2. The molecular weight excluding hydrogens is 366 g/mol. The molecule has 29 heavy (non-hydrogen) atoms. The Bertz CT molecular complexity index is 982. The summed E-state index contributed by atoms with van der Waals surface area (Å²) in [6.07, 6.45) is 6.84. The monoisotopic (exact) mass is 391 g/mol. The lowest BCUT2D eigenvalue weighted by atomic mass is 10.0. The van der Waals surface area contributed by atoms with Gasteiger partial charge in [0.25, 0.3) is 5.91 Å². The van der Waals surface area contributed by atoms with Crippen molar-refractivity contribution in [2.24, 2.45) is 5.92 Å². The number of benzene rings is 1. The summed E-state index contributed by atoms with van der Waals surface area (Å²) in [7, 11) is 0. The van der Waals surface area contributed by atoms with Crippen LogP contribution in [0.3, 0.4) is 0 Å². The zero-order valence-corrected chi connectivity index (χ0v) is 16.8. The van der Waals surface area contributed by atoms with Crippen LogP contribution in [0.2, 0.25) is 0 Å². The number of imidazole rings is 1. The third kappa shape index (κ3) is 5.28. The normalized spacial score (nSPS) is 11.9. The molecular formula is C22H25N5O2. The van der Waals surface area contributed by atoms with E-state index in [9.17, 15) is 9.59 Å². The smallest absolute Gasteiger partial charge is 0.251 e. The van der Waals surface area contributed by atoms with E-state index in [1.54, 1.807) is 41.6 Å². The van der Waals surface area contributed by atoms with Gasteiger partial charge in [-0.1, -0.05) is 31.5 Å². The van der Waals surface area contributed by atoms with Crippen molar-refractivity contribution in [2.45, 2.75) is 33.4 Å². The zero-order chi connectivity index (χ0) is 20.8. The average molecular weight is 391 g/mol. The van der Waals surface area contributed by atoms with Crippen LogP contribution in [0.25, 0.3) is 5.82 Å². The van der Waals surface area contributed by atoms with E-state index < -0.39 is 6.04 Å². The Kier molecular flexibility index (Phi) is 6.39. The number of aromatic nitrogens is 3. The van der Waals surface area contributed by atoms with E-state index in [-0.39, 0.29) is 17.7 Å². The van der Waals surface area contributed by atoms with Crippen molar-refractivity contribution >= 4 is 11.8 Å². The van der Waals surface area contributed by atoms with E-state index in [1.165, 1.54) is 0 Å². The van der Waals surface area contributed by atoms with Crippen LogP contribution in [-0.4, -0.2) is 32.4 Å². The lowest BCUT2D eigenvalue weighted by Gasteiger charge is -2.22. The Balaban J connectivity index is 1.64. The van der Waals surface area contributed by atoms with Crippen LogP contribution in [0.1, 0.15) is 35.3 Å². The Morgan fingerprint density at radius 1 is 1.14 bits per heavy atom.